The van der Waals surface area contributed by atoms with Crippen LogP contribution in [0.1, 0.15) is 48.8 Å². The highest BCUT2D eigenvalue weighted by atomic mass is 16.5. The van der Waals surface area contributed by atoms with Crippen molar-refractivity contribution in [1.82, 2.24) is 10.3 Å². The number of nitrogens with one attached hydrogen (secondary N) is 1. The van der Waals surface area contributed by atoms with Crippen LogP contribution in [0.5, 0.6) is 5.75 Å². The number of ether oxygens (including phenoxy) is 1. The molecule has 4 rings (SSSR count). The van der Waals surface area contributed by atoms with E-state index in [2.05, 4.69) is 29.5 Å². The Morgan fingerprint density at radius 2 is 1.72 bits per heavy atom. The van der Waals surface area contributed by atoms with E-state index in [1.54, 1.807) is 0 Å². The Morgan fingerprint density at radius 1 is 1.03 bits per heavy atom. The fourth-order valence-electron chi connectivity index (χ4n) is 3.83. The van der Waals surface area contributed by atoms with Gasteiger partial charge in [0, 0.05) is 0 Å². The number of urea groups is 1. The summed E-state index contributed by atoms with van der Waals surface area (Å²) in [5.41, 5.74) is 2.37. The van der Waals surface area contributed by atoms with Crippen molar-refractivity contribution in [2.75, 3.05) is 0 Å². The Balaban J connectivity index is 1.37. The Bertz CT molecular complexity index is 913. The number of hydrogen-bond acceptors (Lipinski definition) is 4. The van der Waals surface area contributed by atoms with Crippen LogP contribution >= 0.6 is 0 Å². The molecule has 0 unspecified atom stereocenters. The number of amides is 3. The van der Waals surface area contributed by atoms with Gasteiger partial charge >= 0.3 is 6.03 Å². The second-order valence-electron chi connectivity index (χ2n) is 7.78. The predicted octanol–water partition coefficient (Wildman–Crippen LogP) is 4.16. The Hall–Kier alpha value is -3.15. The molecule has 1 N–H and O–H groups in total. The lowest BCUT2D eigenvalue weighted by molar-refractivity contribution is -0.132. The Morgan fingerprint density at radius 3 is 2.41 bits per heavy atom. The minimum Gasteiger partial charge on any atom is -0.489 e. The van der Waals surface area contributed by atoms with Gasteiger partial charge in [0.1, 0.15) is 17.9 Å². The van der Waals surface area contributed by atoms with Crippen molar-refractivity contribution in [2.45, 2.75) is 51.2 Å². The molecule has 1 heterocycles. The second kappa shape index (κ2) is 8.07. The molecule has 3 amide bonds. The molecule has 6 heteroatoms. The van der Waals surface area contributed by atoms with Crippen LogP contribution in [-0.2, 0) is 11.4 Å². The molecule has 1 saturated heterocycles. The van der Waals surface area contributed by atoms with Crippen LogP contribution in [0.2, 0.25) is 0 Å². The second-order valence-corrected chi connectivity index (χ2v) is 7.78. The molecule has 0 atom stereocenters. The van der Waals surface area contributed by atoms with Crippen molar-refractivity contribution in [3.05, 3.63) is 65.2 Å². The summed E-state index contributed by atoms with van der Waals surface area (Å²) in [6, 6.07) is 15.2. The number of hydrogen-bond donors (Lipinski definition) is 1. The van der Waals surface area contributed by atoms with Crippen LogP contribution in [0.15, 0.2) is 53.6 Å². The average molecular weight is 391 g/mol. The van der Waals surface area contributed by atoms with Crippen LogP contribution < -0.4 is 10.1 Å². The van der Waals surface area contributed by atoms with Gasteiger partial charge in [-0.3, -0.25) is 4.79 Å². The first-order valence-corrected chi connectivity index (χ1v) is 10.0. The van der Waals surface area contributed by atoms with Gasteiger partial charge in [0.15, 0.2) is 0 Å². The molecule has 1 aliphatic heterocycles. The molecule has 1 saturated carbocycles. The number of imide groups is 1. The molecule has 0 aromatic heterocycles. The summed E-state index contributed by atoms with van der Waals surface area (Å²) in [5, 5.41) is 7.96. The largest absolute Gasteiger partial charge is 0.489 e. The highest BCUT2D eigenvalue weighted by Crippen LogP contribution is 2.33. The number of nitrogens with zero attached hydrogens (tertiary/aromatic N) is 2. The maximum absolute atomic E-state index is 12.7. The van der Waals surface area contributed by atoms with E-state index in [9.17, 15) is 9.59 Å². The smallest absolute Gasteiger partial charge is 0.346 e. The first kappa shape index (κ1) is 19.2. The summed E-state index contributed by atoms with van der Waals surface area (Å²) in [4.78, 5) is 25.0. The molecule has 0 bridgehead atoms. The highest BCUT2D eigenvalue weighted by molar-refractivity contribution is 6.07. The van der Waals surface area contributed by atoms with Crippen molar-refractivity contribution in [3.63, 3.8) is 0 Å². The van der Waals surface area contributed by atoms with Crippen molar-refractivity contribution < 1.29 is 14.3 Å². The summed E-state index contributed by atoms with van der Waals surface area (Å²) in [6.45, 7) is 2.55. The van der Waals surface area contributed by atoms with Crippen molar-refractivity contribution in [1.29, 1.82) is 0 Å². The summed E-state index contributed by atoms with van der Waals surface area (Å²) in [6.07, 6.45) is 5.92. The fraction of sp³-hybridized carbons (Fsp3) is 0.348. The lowest BCUT2D eigenvalue weighted by Crippen LogP contribution is -2.48. The van der Waals surface area contributed by atoms with E-state index in [4.69, 9.17) is 4.74 Å². The molecular formula is C23H25N3O3. The molecule has 1 aliphatic carbocycles. The number of hydrazone groups is 1. The number of carbonyl (C=O) groups excluding carboxylic acids is 2. The van der Waals surface area contributed by atoms with Gasteiger partial charge in [-0.15, -0.1) is 5.01 Å². The number of rotatable bonds is 5. The number of aryl methyl sites for hydroxylation is 1. The van der Waals surface area contributed by atoms with E-state index in [0.717, 1.165) is 41.1 Å². The van der Waals surface area contributed by atoms with E-state index < -0.39 is 11.6 Å². The van der Waals surface area contributed by atoms with Crippen LogP contribution in [0, 0.1) is 6.92 Å². The molecule has 1 spiro atoms. The van der Waals surface area contributed by atoms with Gasteiger partial charge in [-0.25, -0.2) is 4.79 Å². The van der Waals surface area contributed by atoms with Crippen LogP contribution in [-0.4, -0.2) is 28.7 Å². The standard InChI is InChI=1S/C23H25N3O3/c1-17-5-7-19(8-6-17)16-29-20-11-9-18(10-12-20)15-24-26-21(27)23(25-22(26)28)13-3-2-4-14-23/h5-12,15H,2-4,13-14,16H2,1H3,(H,25,28)/b24-15+. The quantitative estimate of drug-likeness (QED) is 0.614. The molecule has 0 radical (unpaired) electrons. The van der Waals surface area contributed by atoms with E-state index in [0.29, 0.717) is 19.4 Å². The number of benzene rings is 2. The molecule has 2 fully saturated rings. The minimum atomic E-state index is -0.750. The molecule has 150 valence electrons. The van der Waals surface area contributed by atoms with Gasteiger partial charge in [-0.2, -0.15) is 5.10 Å². The van der Waals surface area contributed by atoms with Gasteiger partial charge in [-0.1, -0.05) is 49.1 Å². The molecule has 2 aromatic carbocycles. The summed E-state index contributed by atoms with van der Waals surface area (Å²) >= 11 is 0. The lowest BCUT2D eigenvalue weighted by atomic mass is 9.82. The normalized spacial score (nSPS) is 18.4. The van der Waals surface area contributed by atoms with Gasteiger partial charge < -0.3 is 10.1 Å². The fourth-order valence-corrected chi connectivity index (χ4v) is 3.83. The van der Waals surface area contributed by atoms with Gasteiger partial charge in [0.25, 0.3) is 5.91 Å². The van der Waals surface area contributed by atoms with Crippen molar-refractivity contribution in [2.24, 2.45) is 5.10 Å². The third kappa shape index (κ3) is 4.16. The van der Waals surface area contributed by atoms with Gasteiger partial charge in [0.05, 0.1) is 6.21 Å². The van der Waals surface area contributed by atoms with Crippen LogP contribution in [0.3, 0.4) is 0 Å². The first-order chi connectivity index (χ1) is 14.1. The van der Waals surface area contributed by atoms with Gasteiger partial charge in [-0.05, 0) is 55.2 Å². The van der Waals surface area contributed by atoms with Crippen LogP contribution in [0.25, 0.3) is 0 Å². The van der Waals surface area contributed by atoms with Crippen molar-refractivity contribution >= 4 is 18.2 Å². The van der Waals surface area contributed by atoms with E-state index in [1.165, 1.54) is 11.8 Å². The summed E-state index contributed by atoms with van der Waals surface area (Å²) < 4.78 is 5.80. The van der Waals surface area contributed by atoms with Gasteiger partial charge in [0.2, 0.25) is 0 Å². The third-order valence-corrected chi connectivity index (χ3v) is 5.58. The Kier molecular flexibility index (Phi) is 5.34. The van der Waals surface area contributed by atoms with E-state index in [1.807, 2.05) is 36.4 Å². The van der Waals surface area contributed by atoms with E-state index >= 15 is 0 Å². The topological polar surface area (TPSA) is 71.0 Å². The first-order valence-electron chi connectivity index (χ1n) is 10.0. The SMILES string of the molecule is Cc1ccc(COc2ccc(/C=N/N3C(=O)NC4(CCCCC4)C3=O)cc2)cc1. The minimum absolute atomic E-state index is 0.239. The van der Waals surface area contributed by atoms with E-state index in [-0.39, 0.29) is 5.91 Å². The zero-order valence-corrected chi connectivity index (χ0v) is 16.6. The highest BCUT2D eigenvalue weighted by Gasteiger charge is 2.51. The zero-order valence-electron chi connectivity index (χ0n) is 16.6. The molecule has 6 nitrogen and oxygen atoms in total. The summed E-state index contributed by atoms with van der Waals surface area (Å²) in [7, 11) is 0. The maximum Gasteiger partial charge on any atom is 0.346 e. The predicted molar refractivity (Wildman–Crippen MR) is 111 cm³/mol. The molecular weight excluding hydrogens is 366 g/mol. The molecule has 2 aliphatic rings. The van der Waals surface area contributed by atoms with Crippen LogP contribution in [0.4, 0.5) is 4.79 Å². The zero-order chi connectivity index (χ0) is 20.3. The monoisotopic (exact) mass is 391 g/mol. The maximum atomic E-state index is 12.7. The number of carbonyl (C=O) groups is 2. The third-order valence-electron chi connectivity index (χ3n) is 5.58. The Labute approximate surface area is 170 Å². The lowest BCUT2D eigenvalue weighted by Gasteiger charge is -2.29. The summed E-state index contributed by atoms with van der Waals surface area (Å²) in [5.74, 6) is 0.510. The molecule has 2 aromatic rings. The van der Waals surface area contributed by atoms with Crippen molar-refractivity contribution in [3.8, 4) is 5.75 Å². The molecule has 29 heavy (non-hydrogen) atoms. The average Bonchev–Trinajstić information content (AvgIpc) is 2.96.